The molecule has 0 radical (unpaired) electrons. The molecule has 2 fully saturated rings. The standard InChI is InChI=1S/C14H15NO/c1-2-4-9(5-3-1)13-12-10-6-7-11(8-10)14(12)16-15-13/h1-5,10-12,14H,6-8H2/t10-,11+,12-,14-/m0/s1. The van der Waals surface area contributed by atoms with Crippen molar-refractivity contribution in [3.8, 4) is 0 Å². The Hall–Kier alpha value is -1.31. The van der Waals surface area contributed by atoms with Gasteiger partial charge in [-0.3, -0.25) is 0 Å². The quantitative estimate of drug-likeness (QED) is 0.703. The molecule has 1 heterocycles. The average Bonchev–Trinajstić information content (AvgIpc) is 3.03. The van der Waals surface area contributed by atoms with Crippen molar-refractivity contribution in [2.24, 2.45) is 22.9 Å². The van der Waals surface area contributed by atoms with Gasteiger partial charge in [-0.1, -0.05) is 35.5 Å². The van der Waals surface area contributed by atoms with Crippen molar-refractivity contribution in [1.29, 1.82) is 0 Å². The molecule has 2 nitrogen and oxygen atoms in total. The molecule has 4 rings (SSSR count). The van der Waals surface area contributed by atoms with Gasteiger partial charge in [0, 0.05) is 5.92 Å². The van der Waals surface area contributed by atoms with Gasteiger partial charge in [0.2, 0.25) is 0 Å². The highest BCUT2D eigenvalue weighted by atomic mass is 16.6. The van der Waals surface area contributed by atoms with E-state index >= 15 is 0 Å². The third kappa shape index (κ3) is 1.05. The number of oxime groups is 1. The molecular weight excluding hydrogens is 198 g/mol. The summed E-state index contributed by atoms with van der Waals surface area (Å²) in [4.78, 5) is 5.67. The minimum Gasteiger partial charge on any atom is -0.391 e. The zero-order chi connectivity index (χ0) is 10.5. The molecule has 2 aliphatic carbocycles. The Labute approximate surface area is 95.3 Å². The molecule has 0 aromatic heterocycles. The van der Waals surface area contributed by atoms with Gasteiger partial charge >= 0.3 is 0 Å². The lowest BCUT2D eigenvalue weighted by Crippen LogP contribution is -2.29. The zero-order valence-electron chi connectivity index (χ0n) is 9.17. The number of nitrogens with zero attached hydrogens (tertiary/aromatic N) is 1. The summed E-state index contributed by atoms with van der Waals surface area (Å²) in [5.41, 5.74) is 2.46. The van der Waals surface area contributed by atoms with E-state index in [2.05, 4.69) is 35.5 Å². The van der Waals surface area contributed by atoms with Crippen LogP contribution in [-0.4, -0.2) is 11.8 Å². The maximum Gasteiger partial charge on any atom is 0.139 e. The summed E-state index contributed by atoms with van der Waals surface area (Å²) in [7, 11) is 0. The van der Waals surface area contributed by atoms with Crippen LogP contribution in [0.3, 0.4) is 0 Å². The number of rotatable bonds is 1. The van der Waals surface area contributed by atoms with Gasteiger partial charge in [-0.05, 0) is 36.7 Å². The van der Waals surface area contributed by atoms with E-state index in [1.807, 2.05) is 0 Å². The van der Waals surface area contributed by atoms with Crippen LogP contribution in [0.1, 0.15) is 24.8 Å². The van der Waals surface area contributed by atoms with E-state index in [9.17, 15) is 0 Å². The van der Waals surface area contributed by atoms with E-state index in [-0.39, 0.29) is 0 Å². The molecule has 0 unspecified atom stereocenters. The van der Waals surface area contributed by atoms with Gasteiger partial charge < -0.3 is 4.84 Å². The Bertz CT molecular complexity index is 439. The molecule has 1 aromatic carbocycles. The van der Waals surface area contributed by atoms with Crippen molar-refractivity contribution in [2.75, 3.05) is 0 Å². The van der Waals surface area contributed by atoms with Crippen LogP contribution in [0, 0.1) is 17.8 Å². The third-order valence-corrected chi connectivity index (χ3v) is 4.50. The second-order valence-electron chi connectivity index (χ2n) is 5.27. The molecule has 3 aliphatic rings. The smallest absolute Gasteiger partial charge is 0.139 e. The van der Waals surface area contributed by atoms with Crippen molar-refractivity contribution in [2.45, 2.75) is 25.4 Å². The van der Waals surface area contributed by atoms with Crippen LogP contribution in [-0.2, 0) is 4.84 Å². The van der Waals surface area contributed by atoms with E-state index in [0.29, 0.717) is 12.0 Å². The van der Waals surface area contributed by atoms with Crippen molar-refractivity contribution in [1.82, 2.24) is 0 Å². The topological polar surface area (TPSA) is 21.6 Å². The van der Waals surface area contributed by atoms with Gasteiger partial charge in [-0.2, -0.15) is 0 Å². The summed E-state index contributed by atoms with van der Waals surface area (Å²) in [6.45, 7) is 0. The highest BCUT2D eigenvalue weighted by molar-refractivity contribution is 6.03. The average molecular weight is 213 g/mol. The Kier molecular flexibility index (Phi) is 1.70. The Morgan fingerprint density at radius 1 is 1.06 bits per heavy atom. The fourth-order valence-electron chi connectivity index (χ4n) is 3.80. The van der Waals surface area contributed by atoms with Crippen molar-refractivity contribution < 1.29 is 4.84 Å². The van der Waals surface area contributed by atoms with Crippen LogP contribution >= 0.6 is 0 Å². The van der Waals surface area contributed by atoms with Crippen LogP contribution in [0.5, 0.6) is 0 Å². The molecule has 2 saturated carbocycles. The summed E-state index contributed by atoms with van der Waals surface area (Å²) in [5, 5.41) is 4.35. The SMILES string of the molecule is c1ccc(C2=NO[C@H]3[C@@H]4CC[C@@H](C4)[C@@H]23)cc1. The van der Waals surface area contributed by atoms with Crippen molar-refractivity contribution in [3.05, 3.63) is 35.9 Å². The lowest BCUT2D eigenvalue weighted by molar-refractivity contribution is 0.0275. The Morgan fingerprint density at radius 3 is 2.75 bits per heavy atom. The maximum absolute atomic E-state index is 5.67. The largest absolute Gasteiger partial charge is 0.391 e. The predicted octanol–water partition coefficient (Wildman–Crippen LogP) is 2.84. The van der Waals surface area contributed by atoms with Gasteiger partial charge in [0.15, 0.2) is 0 Å². The van der Waals surface area contributed by atoms with Gasteiger partial charge in [-0.15, -0.1) is 0 Å². The summed E-state index contributed by atoms with van der Waals surface area (Å²) in [6.07, 6.45) is 4.49. The minimum absolute atomic E-state index is 0.397. The monoisotopic (exact) mass is 213 g/mol. The van der Waals surface area contributed by atoms with Crippen LogP contribution in [0.2, 0.25) is 0 Å². The second kappa shape index (κ2) is 3.09. The van der Waals surface area contributed by atoms with Gasteiger partial charge in [-0.25, -0.2) is 0 Å². The van der Waals surface area contributed by atoms with Gasteiger partial charge in [0.05, 0.1) is 5.71 Å². The predicted molar refractivity (Wildman–Crippen MR) is 62.2 cm³/mol. The molecule has 0 spiro atoms. The lowest BCUT2D eigenvalue weighted by Gasteiger charge is -2.22. The first-order chi connectivity index (χ1) is 7.93. The fraction of sp³-hybridized carbons (Fsp3) is 0.500. The van der Waals surface area contributed by atoms with E-state index in [4.69, 9.17) is 4.84 Å². The first-order valence-corrected chi connectivity index (χ1v) is 6.22. The highest BCUT2D eigenvalue weighted by Gasteiger charge is 2.54. The normalized spacial score (nSPS) is 39.4. The number of hydrogen-bond donors (Lipinski definition) is 0. The zero-order valence-corrected chi connectivity index (χ0v) is 9.17. The summed E-state index contributed by atoms with van der Waals surface area (Å²) < 4.78 is 0. The van der Waals surface area contributed by atoms with Crippen LogP contribution in [0.25, 0.3) is 0 Å². The molecule has 1 aromatic rings. The molecule has 4 atom stereocenters. The Balaban J connectivity index is 1.72. The van der Waals surface area contributed by atoms with Gasteiger partial charge in [0.1, 0.15) is 6.10 Å². The van der Waals surface area contributed by atoms with Crippen LogP contribution in [0.15, 0.2) is 35.5 Å². The first-order valence-electron chi connectivity index (χ1n) is 6.22. The number of benzene rings is 1. The van der Waals surface area contributed by atoms with Crippen LogP contribution < -0.4 is 0 Å². The highest BCUT2D eigenvalue weighted by Crippen LogP contribution is 2.53. The van der Waals surface area contributed by atoms with E-state index in [1.165, 1.54) is 30.5 Å². The first kappa shape index (κ1) is 8.80. The second-order valence-corrected chi connectivity index (χ2v) is 5.27. The van der Waals surface area contributed by atoms with Gasteiger partial charge in [0.25, 0.3) is 0 Å². The minimum atomic E-state index is 0.397. The molecule has 0 amide bonds. The van der Waals surface area contributed by atoms with E-state index in [0.717, 1.165) is 11.8 Å². The summed E-state index contributed by atoms with van der Waals surface area (Å²) in [5.74, 6) is 2.19. The summed E-state index contributed by atoms with van der Waals surface area (Å²) in [6, 6.07) is 10.5. The fourth-order valence-corrected chi connectivity index (χ4v) is 3.80. The molecule has 16 heavy (non-hydrogen) atoms. The molecule has 2 bridgehead atoms. The lowest BCUT2D eigenvalue weighted by atomic mass is 9.81. The molecule has 82 valence electrons. The molecular formula is C14H15NO. The van der Waals surface area contributed by atoms with Crippen molar-refractivity contribution >= 4 is 5.71 Å². The number of hydrogen-bond acceptors (Lipinski definition) is 2. The molecule has 1 aliphatic heterocycles. The molecule has 2 heteroatoms. The van der Waals surface area contributed by atoms with Crippen LogP contribution in [0.4, 0.5) is 0 Å². The summed E-state index contributed by atoms with van der Waals surface area (Å²) >= 11 is 0. The third-order valence-electron chi connectivity index (χ3n) is 4.50. The van der Waals surface area contributed by atoms with Crippen molar-refractivity contribution in [3.63, 3.8) is 0 Å². The molecule has 0 N–H and O–H groups in total. The van der Waals surface area contributed by atoms with E-state index in [1.54, 1.807) is 0 Å². The maximum atomic E-state index is 5.67. The number of fused-ring (bicyclic) bond motifs is 5. The molecule has 0 saturated heterocycles. The Morgan fingerprint density at radius 2 is 1.88 bits per heavy atom. The van der Waals surface area contributed by atoms with E-state index < -0.39 is 0 Å².